The minimum Gasteiger partial charge on any atom is -0.493 e. The summed E-state index contributed by atoms with van der Waals surface area (Å²) in [5.74, 6) is 3.65. The molecule has 4 heteroatoms. The van der Waals surface area contributed by atoms with Crippen molar-refractivity contribution in [1.29, 1.82) is 0 Å². The summed E-state index contributed by atoms with van der Waals surface area (Å²) in [4.78, 5) is 0. The molecule has 1 aromatic rings. The summed E-state index contributed by atoms with van der Waals surface area (Å²) in [5, 5.41) is 3.64. The van der Waals surface area contributed by atoms with Gasteiger partial charge in [0.1, 0.15) is 6.61 Å². The SMILES string of the molecule is C#CCOc1c(CNC)cc(Cl)cc1OC. The molecule has 86 valence electrons. The molecule has 0 saturated heterocycles. The standard InChI is InChI=1S/C12H14ClNO2/c1-4-5-16-12-9(8-14-2)6-10(13)7-11(12)15-3/h1,6-7,14H,5,8H2,2-3H3. The Bertz CT molecular complexity index is 399. The number of halogens is 1. The van der Waals surface area contributed by atoms with Crippen LogP contribution in [0.25, 0.3) is 0 Å². The van der Waals surface area contributed by atoms with E-state index in [1.807, 2.05) is 13.1 Å². The van der Waals surface area contributed by atoms with Gasteiger partial charge in [-0.3, -0.25) is 0 Å². The molecule has 0 aliphatic carbocycles. The van der Waals surface area contributed by atoms with Crippen molar-refractivity contribution >= 4 is 11.6 Å². The molecule has 16 heavy (non-hydrogen) atoms. The van der Waals surface area contributed by atoms with Crippen LogP contribution in [0.1, 0.15) is 5.56 Å². The number of benzene rings is 1. The number of hydrogen-bond acceptors (Lipinski definition) is 3. The molecule has 0 unspecified atom stereocenters. The Morgan fingerprint density at radius 3 is 2.81 bits per heavy atom. The van der Waals surface area contributed by atoms with Crippen molar-refractivity contribution in [1.82, 2.24) is 5.32 Å². The molecule has 0 saturated carbocycles. The van der Waals surface area contributed by atoms with Gasteiger partial charge in [0, 0.05) is 23.2 Å². The van der Waals surface area contributed by atoms with Gasteiger partial charge in [0.2, 0.25) is 0 Å². The number of terminal acetylenes is 1. The Hall–Kier alpha value is -1.37. The zero-order chi connectivity index (χ0) is 12.0. The maximum atomic E-state index is 5.97. The van der Waals surface area contributed by atoms with E-state index >= 15 is 0 Å². The molecule has 0 fully saturated rings. The quantitative estimate of drug-likeness (QED) is 0.799. The molecular formula is C12H14ClNO2. The molecule has 0 spiro atoms. The maximum absolute atomic E-state index is 5.97. The second-order valence-corrected chi connectivity index (χ2v) is 3.56. The molecule has 0 aromatic heterocycles. The molecule has 0 atom stereocenters. The van der Waals surface area contributed by atoms with Gasteiger partial charge in [0.25, 0.3) is 0 Å². The van der Waals surface area contributed by atoms with Crippen molar-refractivity contribution in [3.63, 3.8) is 0 Å². The second-order valence-electron chi connectivity index (χ2n) is 3.12. The minimum absolute atomic E-state index is 0.203. The molecule has 3 nitrogen and oxygen atoms in total. The van der Waals surface area contributed by atoms with Gasteiger partial charge >= 0.3 is 0 Å². The first-order valence-corrected chi connectivity index (χ1v) is 5.18. The molecule has 1 aromatic carbocycles. The Labute approximate surface area is 101 Å². The van der Waals surface area contributed by atoms with Gasteiger partial charge in [-0.05, 0) is 13.1 Å². The van der Waals surface area contributed by atoms with Crippen LogP contribution in [0.2, 0.25) is 5.02 Å². The third-order valence-corrected chi connectivity index (χ3v) is 2.20. The highest BCUT2D eigenvalue weighted by Gasteiger charge is 2.11. The highest BCUT2D eigenvalue weighted by Crippen LogP contribution is 2.34. The van der Waals surface area contributed by atoms with Crippen LogP contribution >= 0.6 is 11.6 Å². The van der Waals surface area contributed by atoms with Crippen molar-refractivity contribution in [3.8, 4) is 23.8 Å². The van der Waals surface area contributed by atoms with Crippen molar-refractivity contribution in [2.45, 2.75) is 6.54 Å². The average molecular weight is 240 g/mol. The largest absolute Gasteiger partial charge is 0.493 e. The highest BCUT2D eigenvalue weighted by atomic mass is 35.5. The number of nitrogens with one attached hydrogen (secondary N) is 1. The van der Waals surface area contributed by atoms with Crippen LogP contribution in [0.15, 0.2) is 12.1 Å². The van der Waals surface area contributed by atoms with Gasteiger partial charge in [-0.25, -0.2) is 0 Å². The van der Waals surface area contributed by atoms with Crippen LogP contribution in [0.3, 0.4) is 0 Å². The zero-order valence-corrected chi connectivity index (χ0v) is 10.1. The zero-order valence-electron chi connectivity index (χ0n) is 9.34. The third-order valence-electron chi connectivity index (χ3n) is 1.98. The van der Waals surface area contributed by atoms with Gasteiger partial charge in [-0.2, -0.15) is 0 Å². The molecule has 1 N–H and O–H groups in total. The van der Waals surface area contributed by atoms with E-state index in [9.17, 15) is 0 Å². The summed E-state index contributed by atoms with van der Waals surface area (Å²) in [5.41, 5.74) is 0.919. The average Bonchev–Trinajstić information content (AvgIpc) is 2.27. The van der Waals surface area contributed by atoms with Gasteiger partial charge in [-0.15, -0.1) is 6.42 Å². The summed E-state index contributed by atoms with van der Waals surface area (Å²) in [7, 11) is 3.41. The summed E-state index contributed by atoms with van der Waals surface area (Å²) < 4.78 is 10.7. The van der Waals surface area contributed by atoms with Crippen LogP contribution in [0.5, 0.6) is 11.5 Å². The van der Waals surface area contributed by atoms with E-state index in [4.69, 9.17) is 27.5 Å². The maximum Gasteiger partial charge on any atom is 0.167 e. The predicted octanol–water partition coefficient (Wildman–Crippen LogP) is 2.08. The molecule has 0 radical (unpaired) electrons. The Balaban J connectivity index is 3.11. The van der Waals surface area contributed by atoms with Crippen molar-refractivity contribution < 1.29 is 9.47 Å². The van der Waals surface area contributed by atoms with Crippen LogP contribution in [-0.2, 0) is 6.54 Å². The minimum atomic E-state index is 0.203. The molecule has 0 aliphatic rings. The Kier molecular flexibility index (Phi) is 4.97. The van der Waals surface area contributed by atoms with Crippen LogP contribution < -0.4 is 14.8 Å². The molecule has 0 aliphatic heterocycles. The van der Waals surface area contributed by atoms with Crippen LogP contribution in [0.4, 0.5) is 0 Å². The lowest BCUT2D eigenvalue weighted by Crippen LogP contribution is -2.08. The van der Waals surface area contributed by atoms with Crippen LogP contribution in [-0.4, -0.2) is 20.8 Å². The number of hydrogen-bond donors (Lipinski definition) is 1. The summed E-state index contributed by atoms with van der Waals surface area (Å²) in [6.45, 7) is 0.839. The number of rotatable bonds is 5. The monoisotopic (exact) mass is 239 g/mol. The summed E-state index contributed by atoms with van der Waals surface area (Å²) in [6.07, 6.45) is 5.16. The van der Waals surface area contributed by atoms with Gasteiger partial charge in [0.05, 0.1) is 7.11 Å². The van der Waals surface area contributed by atoms with Crippen molar-refractivity contribution in [2.75, 3.05) is 20.8 Å². The van der Waals surface area contributed by atoms with Gasteiger partial charge < -0.3 is 14.8 Å². The fraction of sp³-hybridized carbons (Fsp3) is 0.333. The fourth-order valence-electron chi connectivity index (χ4n) is 1.37. The number of methoxy groups -OCH3 is 1. The molecule has 0 bridgehead atoms. The first-order chi connectivity index (χ1) is 7.72. The highest BCUT2D eigenvalue weighted by molar-refractivity contribution is 6.30. The third kappa shape index (κ3) is 3.06. The smallest absolute Gasteiger partial charge is 0.167 e. The predicted molar refractivity (Wildman–Crippen MR) is 65.1 cm³/mol. The van der Waals surface area contributed by atoms with E-state index in [1.54, 1.807) is 13.2 Å². The topological polar surface area (TPSA) is 30.5 Å². The van der Waals surface area contributed by atoms with E-state index in [0.29, 0.717) is 23.1 Å². The lowest BCUT2D eigenvalue weighted by atomic mass is 10.2. The van der Waals surface area contributed by atoms with E-state index in [1.165, 1.54) is 0 Å². The Morgan fingerprint density at radius 2 is 2.25 bits per heavy atom. The Morgan fingerprint density at radius 1 is 1.50 bits per heavy atom. The number of ether oxygens (including phenoxy) is 2. The van der Waals surface area contributed by atoms with Gasteiger partial charge in [0.15, 0.2) is 11.5 Å². The molecule has 1 rings (SSSR count). The van der Waals surface area contributed by atoms with E-state index in [-0.39, 0.29) is 6.61 Å². The fourth-order valence-corrected chi connectivity index (χ4v) is 1.60. The molecule has 0 heterocycles. The normalized spacial score (nSPS) is 9.62. The second kappa shape index (κ2) is 6.26. The summed E-state index contributed by atoms with van der Waals surface area (Å²) >= 11 is 5.97. The van der Waals surface area contributed by atoms with Crippen molar-refractivity contribution in [2.24, 2.45) is 0 Å². The first-order valence-electron chi connectivity index (χ1n) is 4.80. The molecule has 0 amide bonds. The van der Waals surface area contributed by atoms with E-state index < -0.39 is 0 Å². The first kappa shape index (κ1) is 12.7. The van der Waals surface area contributed by atoms with E-state index in [2.05, 4.69) is 11.2 Å². The summed E-state index contributed by atoms with van der Waals surface area (Å²) in [6, 6.07) is 3.53. The lowest BCUT2D eigenvalue weighted by Gasteiger charge is -2.14. The van der Waals surface area contributed by atoms with Crippen LogP contribution in [0, 0.1) is 12.3 Å². The van der Waals surface area contributed by atoms with Gasteiger partial charge in [-0.1, -0.05) is 17.5 Å². The lowest BCUT2D eigenvalue weighted by molar-refractivity contribution is 0.327. The molecular weight excluding hydrogens is 226 g/mol. The van der Waals surface area contributed by atoms with E-state index in [0.717, 1.165) is 5.56 Å². The van der Waals surface area contributed by atoms with Crippen molar-refractivity contribution in [3.05, 3.63) is 22.7 Å².